The zero-order valence-electron chi connectivity index (χ0n) is 39.3. The first-order valence-electron chi connectivity index (χ1n) is 24.3. The minimum absolute atomic E-state index is 0.163. The molecule has 0 aromatic heterocycles. The first-order valence-corrected chi connectivity index (χ1v) is 24.3. The van der Waals surface area contributed by atoms with Crippen molar-refractivity contribution in [2.24, 2.45) is 50.2 Å². The Hall–Kier alpha value is -0.940. The summed E-state index contributed by atoms with van der Waals surface area (Å²) in [4.78, 5) is 0. The van der Waals surface area contributed by atoms with Gasteiger partial charge in [-0.15, -0.1) is 0 Å². The smallest absolute Gasteiger partial charge is 0.187 e. The Balaban J connectivity index is 0.958. The quantitative estimate of drug-likeness (QED) is 0.118. The molecule has 0 radical (unpaired) electrons. The predicted octanol–water partition coefficient (Wildman–Crippen LogP) is 0.629. The van der Waals surface area contributed by atoms with Gasteiger partial charge in [-0.3, -0.25) is 0 Å². The zero-order valence-corrected chi connectivity index (χ0v) is 39.3. The molecule has 4 saturated heterocycles. The van der Waals surface area contributed by atoms with Gasteiger partial charge in [0.25, 0.3) is 0 Å². The summed E-state index contributed by atoms with van der Waals surface area (Å²) in [5, 5.41) is 109. The van der Waals surface area contributed by atoms with Crippen LogP contribution in [0, 0.1) is 50.2 Å². The molecule has 0 aromatic carbocycles. The van der Waals surface area contributed by atoms with Crippen LogP contribution in [0.3, 0.4) is 0 Å². The van der Waals surface area contributed by atoms with E-state index in [9.17, 15) is 51.1 Å². The van der Waals surface area contributed by atoms with Crippen LogP contribution in [0.5, 0.6) is 0 Å². The molecule has 372 valence electrons. The largest absolute Gasteiger partial charge is 0.394 e. The number of aliphatic hydroxyl groups excluding tert-OH is 10. The SMILES string of the molecule is CC1O[C@H](OC2C(COC3OC(CO)C(O)[C@H](O)C3O)OC(OC3CC[C@]4(C)C(CC[C@@]5(C)[C@@H]4C=C[C@]46OC[C@@]7(CCC(C)(C)C[C@H]74)C(O)C[C@@]56C)C3(C)C)C(O)C2O)C(O)C(O)C1O. The van der Waals surface area contributed by atoms with Crippen LogP contribution in [-0.2, 0) is 33.2 Å². The number of allylic oxidation sites excluding steroid dienone is 1. The van der Waals surface area contributed by atoms with Crippen LogP contribution in [0.15, 0.2) is 12.2 Å². The van der Waals surface area contributed by atoms with Crippen molar-refractivity contribution in [3.63, 3.8) is 0 Å². The summed E-state index contributed by atoms with van der Waals surface area (Å²) < 4.78 is 43.5. The van der Waals surface area contributed by atoms with Gasteiger partial charge in [0.15, 0.2) is 18.9 Å². The van der Waals surface area contributed by atoms with Crippen LogP contribution in [-0.4, -0.2) is 181 Å². The monoisotopic (exact) mass is 927 g/mol. The molecule has 2 bridgehead atoms. The van der Waals surface area contributed by atoms with E-state index < -0.39 is 129 Å². The standard InChI is InChI=1S/C48H78O17/c1-22-30(51)32(53)36(57)40(61-22)65-38-24(20-59-39-35(56)33(54)31(52)23(19-49)62-39)63-41(37(58)34(38)55)64-29-11-12-44(6)25(43(29,4)5)9-13-45(7)26(44)10-14-48-27-17-42(2,3)15-16-47(27,21-60-48)28(50)18-46(45,48)8/h10,14,22-41,49-58H,9,11-13,15-21H2,1-8H3/t22?,23?,24?,25?,26-,27-,28?,29?,30?,31?,32?,33+,34?,35?,36?,37?,38?,39?,40-,41?,44-,45+,46+,47-,48+/m1/s1. The average molecular weight is 927 g/mol. The maximum atomic E-state index is 12.2. The van der Waals surface area contributed by atoms with Gasteiger partial charge in [-0.25, -0.2) is 0 Å². The summed E-state index contributed by atoms with van der Waals surface area (Å²) in [5.74, 6) is 0.593. The lowest BCUT2D eigenvalue weighted by molar-refractivity contribution is -0.374. The van der Waals surface area contributed by atoms with Gasteiger partial charge in [0.2, 0.25) is 0 Å². The van der Waals surface area contributed by atoms with E-state index in [0.29, 0.717) is 19.4 Å². The maximum absolute atomic E-state index is 12.2. The van der Waals surface area contributed by atoms with Crippen LogP contribution < -0.4 is 0 Å². The molecule has 9 rings (SSSR count). The van der Waals surface area contributed by atoms with E-state index in [-0.39, 0.29) is 44.8 Å². The van der Waals surface area contributed by atoms with Crippen LogP contribution >= 0.6 is 0 Å². The molecule has 5 aliphatic carbocycles. The molecule has 65 heavy (non-hydrogen) atoms. The number of hydrogen-bond acceptors (Lipinski definition) is 17. The summed E-state index contributed by atoms with van der Waals surface area (Å²) in [6.07, 6.45) is -12.0. The lowest BCUT2D eigenvalue weighted by atomic mass is 9.32. The molecule has 10 N–H and O–H groups in total. The molecule has 4 aliphatic heterocycles. The Labute approximate surface area is 382 Å². The Morgan fingerprint density at radius 3 is 1.98 bits per heavy atom. The summed E-state index contributed by atoms with van der Waals surface area (Å²) in [6, 6.07) is 0. The average Bonchev–Trinajstić information content (AvgIpc) is 3.52. The van der Waals surface area contributed by atoms with Crippen molar-refractivity contribution >= 4 is 0 Å². The summed E-state index contributed by atoms with van der Waals surface area (Å²) in [7, 11) is 0. The van der Waals surface area contributed by atoms with Gasteiger partial charge < -0.3 is 84.2 Å². The van der Waals surface area contributed by atoms with E-state index in [4.69, 9.17) is 33.2 Å². The molecular weight excluding hydrogens is 849 g/mol. The second-order valence-corrected chi connectivity index (χ2v) is 24.0. The first-order chi connectivity index (χ1) is 30.3. The normalized spacial score (nSPS) is 58.0. The molecule has 1 spiro atoms. The third kappa shape index (κ3) is 7.09. The lowest BCUT2D eigenvalue weighted by Gasteiger charge is -2.73. The van der Waals surface area contributed by atoms with E-state index in [0.717, 1.165) is 38.5 Å². The van der Waals surface area contributed by atoms with Gasteiger partial charge in [-0.2, -0.15) is 0 Å². The van der Waals surface area contributed by atoms with E-state index in [1.165, 1.54) is 6.92 Å². The third-order valence-corrected chi connectivity index (χ3v) is 19.9. The van der Waals surface area contributed by atoms with E-state index in [2.05, 4.69) is 60.6 Å². The number of ether oxygens (including phenoxy) is 7. The molecule has 17 heteroatoms. The van der Waals surface area contributed by atoms with Crippen molar-refractivity contribution in [3.05, 3.63) is 12.2 Å². The van der Waals surface area contributed by atoms with Crippen molar-refractivity contribution in [3.8, 4) is 0 Å². The molecule has 16 unspecified atom stereocenters. The van der Waals surface area contributed by atoms with Gasteiger partial charge in [0.1, 0.15) is 67.1 Å². The number of aliphatic hydroxyl groups is 10. The first kappa shape index (κ1) is 49.1. The number of rotatable bonds is 8. The fraction of sp³-hybridized carbons (Fsp3) is 0.958. The van der Waals surface area contributed by atoms with E-state index in [1.807, 2.05) is 0 Å². The Morgan fingerprint density at radius 2 is 1.28 bits per heavy atom. The van der Waals surface area contributed by atoms with Gasteiger partial charge in [-0.1, -0.05) is 60.6 Å². The number of hydrogen-bond donors (Lipinski definition) is 10. The molecule has 0 aromatic rings. The molecule has 8 fully saturated rings. The van der Waals surface area contributed by atoms with Crippen LogP contribution in [0.25, 0.3) is 0 Å². The summed E-state index contributed by atoms with van der Waals surface area (Å²) in [5.41, 5.74) is -1.61. The molecule has 17 nitrogen and oxygen atoms in total. The molecule has 4 saturated carbocycles. The fourth-order valence-corrected chi connectivity index (χ4v) is 15.7. The van der Waals surface area contributed by atoms with Gasteiger partial charge >= 0.3 is 0 Å². The van der Waals surface area contributed by atoms with Crippen LogP contribution in [0.2, 0.25) is 0 Å². The molecule has 0 amide bonds. The molecule has 9 aliphatic rings. The van der Waals surface area contributed by atoms with E-state index >= 15 is 0 Å². The second kappa shape index (κ2) is 16.6. The van der Waals surface area contributed by atoms with Crippen LogP contribution in [0.1, 0.15) is 107 Å². The topological polar surface area (TPSA) is 267 Å². The highest BCUT2D eigenvalue weighted by Crippen LogP contribution is 2.79. The fourth-order valence-electron chi connectivity index (χ4n) is 15.7. The van der Waals surface area contributed by atoms with Crippen molar-refractivity contribution in [1.82, 2.24) is 0 Å². The minimum Gasteiger partial charge on any atom is -0.394 e. The van der Waals surface area contributed by atoms with Crippen molar-refractivity contribution in [2.75, 3.05) is 19.8 Å². The molecule has 4 heterocycles. The molecule has 25 atom stereocenters. The maximum Gasteiger partial charge on any atom is 0.187 e. The van der Waals surface area contributed by atoms with Crippen molar-refractivity contribution in [1.29, 1.82) is 0 Å². The van der Waals surface area contributed by atoms with Crippen LogP contribution in [0.4, 0.5) is 0 Å². The second-order valence-electron chi connectivity index (χ2n) is 24.0. The lowest BCUT2D eigenvalue weighted by Crippen LogP contribution is -2.72. The van der Waals surface area contributed by atoms with Gasteiger partial charge in [0.05, 0.1) is 43.7 Å². The van der Waals surface area contributed by atoms with Gasteiger partial charge in [-0.05, 0) is 91.8 Å². The Bertz CT molecular complexity index is 1780. The predicted molar refractivity (Wildman–Crippen MR) is 228 cm³/mol. The van der Waals surface area contributed by atoms with Crippen molar-refractivity contribution in [2.45, 2.75) is 217 Å². The van der Waals surface area contributed by atoms with E-state index in [1.54, 1.807) is 0 Å². The Kier molecular flexibility index (Phi) is 12.5. The highest BCUT2D eigenvalue weighted by atomic mass is 16.8. The third-order valence-electron chi connectivity index (χ3n) is 19.9. The zero-order chi connectivity index (χ0) is 47.2. The number of fused-ring (bicyclic) bond motifs is 4. The minimum atomic E-state index is -1.75. The Morgan fingerprint density at radius 1 is 0.631 bits per heavy atom. The summed E-state index contributed by atoms with van der Waals surface area (Å²) in [6.45, 7) is 17.2. The summed E-state index contributed by atoms with van der Waals surface area (Å²) >= 11 is 0. The van der Waals surface area contributed by atoms with Gasteiger partial charge in [0, 0.05) is 16.7 Å². The van der Waals surface area contributed by atoms with Crippen molar-refractivity contribution < 1.29 is 84.2 Å². The highest BCUT2D eigenvalue weighted by Gasteiger charge is 2.79. The highest BCUT2D eigenvalue weighted by molar-refractivity contribution is 5.36. The molecular formula is C48H78O17.